The van der Waals surface area contributed by atoms with Crippen LogP contribution >= 0.6 is 0 Å². The van der Waals surface area contributed by atoms with Gasteiger partial charge in [-0.2, -0.15) is 0 Å². The highest BCUT2D eigenvalue weighted by Gasteiger charge is 2.14. The minimum atomic E-state index is -0.928. The van der Waals surface area contributed by atoms with Crippen LogP contribution in [0.3, 0.4) is 0 Å². The maximum atomic E-state index is 13.2. The molecule has 1 amide bonds. The van der Waals surface area contributed by atoms with Crippen LogP contribution in [0.5, 0.6) is 5.75 Å². The van der Waals surface area contributed by atoms with E-state index < -0.39 is 17.7 Å². The maximum absolute atomic E-state index is 13.2. The zero-order chi connectivity index (χ0) is 17.1. The molecule has 5 heteroatoms. The van der Waals surface area contributed by atoms with Gasteiger partial charge in [-0.3, -0.25) is 4.79 Å². The predicted octanol–water partition coefficient (Wildman–Crippen LogP) is 3.71. The molecule has 1 N–H and O–H groups in total. The minimum Gasteiger partial charge on any atom is -0.484 e. The standard InChI is InChI=1S/C19H19F2NO2/c1-12(14-6-8-17(20)18(21)10-14)22-19(23)11-24-16-7-5-13-3-2-4-15(13)9-16/h5-10,12H,2-4,11H2,1H3,(H,22,23)/t12-/m0/s1. The molecular weight excluding hydrogens is 312 g/mol. The van der Waals surface area contributed by atoms with E-state index in [1.54, 1.807) is 6.92 Å². The lowest BCUT2D eigenvalue weighted by Gasteiger charge is -2.15. The van der Waals surface area contributed by atoms with Crippen molar-refractivity contribution in [2.45, 2.75) is 32.2 Å². The lowest BCUT2D eigenvalue weighted by molar-refractivity contribution is -0.123. The number of nitrogens with one attached hydrogen (secondary N) is 1. The summed E-state index contributed by atoms with van der Waals surface area (Å²) in [6.45, 7) is 1.59. The molecule has 1 atom stereocenters. The molecular formula is C19H19F2NO2. The molecule has 1 aliphatic carbocycles. The smallest absolute Gasteiger partial charge is 0.258 e. The Morgan fingerprint density at radius 1 is 1.12 bits per heavy atom. The Kier molecular flexibility index (Phi) is 4.79. The highest BCUT2D eigenvalue weighted by atomic mass is 19.2. The molecule has 0 aromatic heterocycles. The lowest BCUT2D eigenvalue weighted by Crippen LogP contribution is -2.31. The number of carbonyl (C=O) groups excluding carboxylic acids is 1. The molecule has 2 aromatic rings. The molecule has 3 rings (SSSR count). The first-order valence-corrected chi connectivity index (χ1v) is 8.02. The number of fused-ring (bicyclic) bond motifs is 1. The monoisotopic (exact) mass is 331 g/mol. The quantitative estimate of drug-likeness (QED) is 0.907. The van der Waals surface area contributed by atoms with Gasteiger partial charge in [0.25, 0.3) is 5.91 Å². The van der Waals surface area contributed by atoms with Gasteiger partial charge in [-0.05, 0) is 67.1 Å². The van der Waals surface area contributed by atoms with Gasteiger partial charge in [-0.1, -0.05) is 12.1 Å². The summed E-state index contributed by atoms with van der Waals surface area (Å²) >= 11 is 0. The second kappa shape index (κ2) is 6.99. The largest absolute Gasteiger partial charge is 0.484 e. The van der Waals surface area contributed by atoms with Crippen molar-refractivity contribution in [2.24, 2.45) is 0 Å². The summed E-state index contributed by atoms with van der Waals surface area (Å²) in [5.74, 6) is -1.47. The highest BCUT2D eigenvalue weighted by Crippen LogP contribution is 2.26. The third kappa shape index (κ3) is 3.72. The van der Waals surface area contributed by atoms with Crippen LogP contribution < -0.4 is 10.1 Å². The molecule has 0 saturated heterocycles. The van der Waals surface area contributed by atoms with Crippen LogP contribution in [0, 0.1) is 11.6 Å². The number of halogens is 2. The first-order chi connectivity index (χ1) is 11.5. The number of hydrogen-bond acceptors (Lipinski definition) is 2. The maximum Gasteiger partial charge on any atom is 0.258 e. The summed E-state index contributed by atoms with van der Waals surface area (Å²) in [6, 6.07) is 9.04. The second-order valence-corrected chi connectivity index (χ2v) is 6.04. The fraction of sp³-hybridized carbons (Fsp3) is 0.316. The van der Waals surface area contributed by atoms with Gasteiger partial charge in [-0.25, -0.2) is 8.78 Å². The molecule has 0 aliphatic heterocycles. The number of ether oxygens (including phenoxy) is 1. The molecule has 24 heavy (non-hydrogen) atoms. The van der Waals surface area contributed by atoms with Gasteiger partial charge in [0.15, 0.2) is 18.2 Å². The molecule has 0 unspecified atom stereocenters. The van der Waals surface area contributed by atoms with Gasteiger partial charge >= 0.3 is 0 Å². The van der Waals surface area contributed by atoms with Crippen LogP contribution in [-0.2, 0) is 17.6 Å². The van der Waals surface area contributed by atoms with Crippen molar-refractivity contribution < 1.29 is 18.3 Å². The SMILES string of the molecule is C[C@H](NC(=O)COc1ccc2c(c1)CCC2)c1ccc(F)c(F)c1. The Morgan fingerprint density at radius 3 is 2.71 bits per heavy atom. The molecule has 3 nitrogen and oxygen atoms in total. The van der Waals surface area contributed by atoms with E-state index >= 15 is 0 Å². The van der Waals surface area contributed by atoms with E-state index in [4.69, 9.17) is 4.74 Å². The van der Waals surface area contributed by atoms with Crippen LogP contribution in [0.1, 0.15) is 36.1 Å². The topological polar surface area (TPSA) is 38.3 Å². The Balaban J connectivity index is 1.54. The zero-order valence-corrected chi connectivity index (χ0v) is 13.4. The fourth-order valence-electron chi connectivity index (χ4n) is 2.94. The average Bonchev–Trinajstić information content (AvgIpc) is 3.03. The Hall–Kier alpha value is -2.43. The van der Waals surface area contributed by atoms with Crippen molar-refractivity contribution >= 4 is 5.91 Å². The normalized spacial score (nSPS) is 14.1. The van der Waals surface area contributed by atoms with E-state index in [-0.39, 0.29) is 12.5 Å². The van der Waals surface area contributed by atoms with Crippen molar-refractivity contribution in [2.75, 3.05) is 6.61 Å². The minimum absolute atomic E-state index is 0.118. The van der Waals surface area contributed by atoms with Crippen LogP contribution in [0.25, 0.3) is 0 Å². The molecule has 0 fully saturated rings. The summed E-state index contributed by atoms with van der Waals surface area (Å²) < 4.78 is 31.7. The number of amides is 1. The van der Waals surface area contributed by atoms with Gasteiger partial charge in [0.05, 0.1) is 6.04 Å². The van der Waals surface area contributed by atoms with E-state index in [2.05, 4.69) is 5.32 Å². The van der Waals surface area contributed by atoms with Crippen molar-refractivity contribution in [3.8, 4) is 5.75 Å². The van der Waals surface area contributed by atoms with E-state index in [1.807, 2.05) is 18.2 Å². The molecule has 1 aliphatic rings. The summed E-state index contributed by atoms with van der Waals surface area (Å²) in [5, 5.41) is 2.71. The molecule has 0 bridgehead atoms. The summed E-state index contributed by atoms with van der Waals surface area (Å²) in [4.78, 5) is 12.0. The highest BCUT2D eigenvalue weighted by molar-refractivity contribution is 5.78. The van der Waals surface area contributed by atoms with Crippen LogP contribution in [-0.4, -0.2) is 12.5 Å². The van der Waals surface area contributed by atoms with Crippen LogP contribution in [0.2, 0.25) is 0 Å². The Morgan fingerprint density at radius 2 is 1.92 bits per heavy atom. The first kappa shape index (κ1) is 16.4. The number of aryl methyl sites for hydroxylation is 2. The van der Waals surface area contributed by atoms with E-state index in [0.717, 1.165) is 31.4 Å². The van der Waals surface area contributed by atoms with Gasteiger partial charge in [0, 0.05) is 0 Å². The average molecular weight is 331 g/mol. The lowest BCUT2D eigenvalue weighted by atomic mass is 10.1. The molecule has 0 spiro atoms. The number of rotatable bonds is 5. The van der Waals surface area contributed by atoms with Crippen molar-refractivity contribution in [1.29, 1.82) is 0 Å². The van der Waals surface area contributed by atoms with Crippen LogP contribution in [0.15, 0.2) is 36.4 Å². The van der Waals surface area contributed by atoms with Gasteiger partial charge in [-0.15, -0.1) is 0 Å². The molecule has 2 aromatic carbocycles. The Labute approximate surface area is 139 Å². The number of carbonyl (C=O) groups is 1. The fourth-order valence-corrected chi connectivity index (χ4v) is 2.94. The predicted molar refractivity (Wildman–Crippen MR) is 86.9 cm³/mol. The van der Waals surface area contributed by atoms with Gasteiger partial charge in [0.1, 0.15) is 5.75 Å². The second-order valence-electron chi connectivity index (χ2n) is 6.04. The number of hydrogen-bond donors (Lipinski definition) is 1. The molecule has 0 saturated carbocycles. The Bertz CT molecular complexity index is 761. The zero-order valence-electron chi connectivity index (χ0n) is 13.4. The first-order valence-electron chi connectivity index (χ1n) is 8.02. The third-order valence-corrected chi connectivity index (χ3v) is 4.26. The van der Waals surface area contributed by atoms with Crippen LogP contribution in [0.4, 0.5) is 8.78 Å². The third-order valence-electron chi connectivity index (χ3n) is 4.26. The summed E-state index contributed by atoms with van der Waals surface area (Å²) in [7, 11) is 0. The summed E-state index contributed by atoms with van der Waals surface area (Å²) in [5.41, 5.74) is 3.13. The number of benzene rings is 2. The molecule has 126 valence electrons. The van der Waals surface area contributed by atoms with Crippen molar-refractivity contribution in [1.82, 2.24) is 5.32 Å². The van der Waals surface area contributed by atoms with Crippen molar-refractivity contribution in [3.63, 3.8) is 0 Å². The van der Waals surface area contributed by atoms with E-state index in [9.17, 15) is 13.6 Å². The van der Waals surface area contributed by atoms with E-state index in [1.165, 1.54) is 17.2 Å². The molecule has 0 radical (unpaired) electrons. The molecule has 0 heterocycles. The van der Waals surface area contributed by atoms with Gasteiger partial charge < -0.3 is 10.1 Å². The van der Waals surface area contributed by atoms with Gasteiger partial charge in [0.2, 0.25) is 0 Å². The van der Waals surface area contributed by atoms with Crippen molar-refractivity contribution in [3.05, 3.63) is 64.7 Å². The van der Waals surface area contributed by atoms with E-state index in [0.29, 0.717) is 11.3 Å². The summed E-state index contributed by atoms with van der Waals surface area (Å²) in [6.07, 6.45) is 3.30.